The van der Waals surface area contributed by atoms with E-state index in [1.807, 2.05) is 0 Å². The van der Waals surface area contributed by atoms with E-state index in [-0.39, 0.29) is 5.91 Å². The summed E-state index contributed by atoms with van der Waals surface area (Å²) in [5.74, 6) is 0.591. The van der Waals surface area contributed by atoms with E-state index in [9.17, 15) is 4.79 Å². The Labute approximate surface area is 198 Å². The molecule has 0 saturated carbocycles. The second-order valence-electron chi connectivity index (χ2n) is 6.84. The molecule has 0 aliphatic heterocycles. The highest BCUT2D eigenvalue weighted by molar-refractivity contribution is 6.35. The van der Waals surface area contributed by atoms with Crippen LogP contribution in [-0.4, -0.2) is 34.1 Å². The van der Waals surface area contributed by atoms with Crippen molar-refractivity contribution in [3.8, 4) is 17.2 Å². The summed E-state index contributed by atoms with van der Waals surface area (Å²) in [6, 6.07) is 15.3. The Balaban J connectivity index is 1.50. The Morgan fingerprint density at radius 1 is 0.938 bits per heavy atom. The van der Waals surface area contributed by atoms with Gasteiger partial charge in [-0.3, -0.25) is 4.79 Å². The van der Waals surface area contributed by atoms with Gasteiger partial charge in [-0.25, -0.2) is 0 Å². The summed E-state index contributed by atoms with van der Waals surface area (Å²) >= 11 is 18.2. The fourth-order valence-corrected chi connectivity index (χ4v) is 3.65. The van der Waals surface area contributed by atoms with E-state index in [2.05, 4.69) is 15.5 Å². The van der Waals surface area contributed by atoms with Crippen molar-refractivity contribution in [1.82, 2.24) is 15.0 Å². The normalized spacial score (nSPS) is 11.9. The van der Waals surface area contributed by atoms with Crippen molar-refractivity contribution in [3.05, 3.63) is 69.7 Å². The third-order valence-electron chi connectivity index (χ3n) is 4.58. The third-order valence-corrected chi connectivity index (χ3v) is 5.41. The molecule has 0 saturated heterocycles. The topological polar surface area (TPSA) is 78.3 Å². The summed E-state index contributed by atoms with van der Waals surface area (Å²) < 4.78 is 10.8. The molecule has 0 radical (unpaired) electrons. The van der Waals surface area contributed by atoms with Crippen LogP contribution in [0, 0.1) is 0 Å². The van der Waals surface area contributed by atoms with E-state index in [1.54, 1.807) is 68.6 Å². The minimum absolute atomic E-state index is 0.328. The molecule has 1 atom stereocenters. The van der Waals surface area contributed by atoms with Gasteiger partial charge in [0.05, 0.1) is 22.8 Å². The van der Waals surface area contributed by atoms with Crippen LogP contribution in [0.3, 0.4) is 0 Å². The fourth-order valence-electron chi connectivity index (χ4n) is 2.95. The summed E-state index contributed by atoms with van der Waals surface area (Å²) in [7, 11) is 1.55. The zero-order chi connectivity index (χ0) is 22.8. The number of ether oxygens (including phenoxy) is 2. The number of nitrogens with zero attached hydrogens (tertiary/aromatic N) is 3. The van der Waals surface area contributed by atoms with Crippen LogP contribution >= 0.6 is 34.8 Å². The van der Waals surface area contributed by atoms with Crippen molar-refractivity contribution in [2.75, 3.05) is 12.4 Å². The lowest BCUT2D eigenvalue weighted by Gasteiger charge is -2.15. The molecule has 32 heavy (non-hydrogen) atoms. The van der Waals surface area contributed by atoms with Gasteiger partial charge in [-0.1, -0.05) is 34.8 Å². The minimum Gasteiger partial charge on any atom is -0.495 e. The number of rotatable bonds is 6. The number of benzene rings is 3. The molecule has 0 bridgehead atoms. The number of hydrogen-bond donors (Lipinski definition) is 1. The first-order valence-corrected chi connectivity index (χ1v) is 10.6. The molecule has 1 amide bonds. The predicted octanol–water partition coefficient (Wildman–Crippen LogP) is 5.80. The maximum atomic E-state index is 12.6. The molecule has 1 aromatic heterocycles. The van der Waals surface area contributed by atoms with E-state index >= 15 is 0 Å². The minimum atomic E-state index is -0.790. The monoisotopic (exact) mass is 490 g/mol. The highest BCUT2D eigenvalue weighted by atomic mass is 35.5. The molecule has 4 rings (SSSR count). The predicted molar refractivity (Wildman–Crippen MR) is 126 cm³/mol. The molecular formula is C22H17Cl3N4O3. The van der Waals surface area contributed by atoms with E-state index in [4.69, 9.17) is 44.3 Å². The zero-order valence-corrected chi connectivity index (χ0v) is 19.2. The number of fused-ring (bicyclic) bond motifs is 1. The molecule has 1 N–H and O–H groups in total. The maximum Gasteiger partial charge on any atom is 0.265 e. The average Bonchev–Trinajstić information content (AvgIpc) is 3.19. The van der Waals surface area contributed by atoms with Gasteiger partial charge < -0.3 is 14.8 Å². The lowest BCUT2D eigenvalue weighted by Crippen LogP contribution is -2.30. The summed E-state index contributed by atoms with van der Waals surface area (Å²) in [5, 5.41) is 13.0. The number of amides is 1. The SMILES string of the molecule is COc1ccc(-n2nc3ccc(NC(=O)[C@H](C)Oc4ccc(Cl)cc4Cl)cc3n2)cc1Cl. The maximum absolute atomic E-state index is 12.6. The molecule has 0 spiro atoms. The zero-order valence-electron chi connectivity index (χ0n) is 17.0. The third kappa shape index (κ3) is 4.75. The van der Waals surface area contributed by atoms with Gasteiger partial charge in [0.25, 0.3) is 5.91 Å². The van der Waals surface area contributed by atoms with Crippen molar-refractivity contribution in [2.45, 2.75) is 13.0 Å². The Bertz CT molecular complexity index is 1310. The number of nitrogens with one attached hydrogen (secondary N) is 1. The number of methoxy groups -OCH3 is 1. The first kappa shape index (κ1) is 22.2. The number of halogens is 3. The number of hydrogen-bond acceptors (Lipinski definition) is 5. The van der Waals surface area contributed by atoms with E-state index < -0.39 is 6.10 Å². The van der Waals surface area contributed by atoms with E-state index in [0.717, 1.165) is 0 Å². The molecule has 3 aromatic carbocycles. The fraction of sp³-hybridized carbons (Fsp3) is 0.136. The molecule has 0 fully saturated rings. The summed E-state index contributed by atoms with van der Waals surface area (Å²) in [5.41, 5.74) is 2.50. The van der Waals surface area contributed by atoms with E-state index in [1.165, 1.54) is 4.80 Å². The standard InChI is InChI=1S/C22H17Cl3N4O3/c1-12(32-21-7-3-13(23)9-16(21)24)22(30)26-14-4-6-18-19(10-14)28-29(27-18)15-5-8-20(31-2)17(25)11-15/h3-12H,1-2H3,(H,26,30)/t12-/m0/s1. The summed E-state index contributed by atoms with van der Waals surface area (Å²) in [6.07, 6.45) is -0.790. The molecule has 0 unspecified atom stereocenters. The average molecular weight is 492 g/mol. The number of anilines is 1. The van der Waals surface area contributed by atoms with Crippen LogP contribution in [0.5, 0.6) is 11.5 Å². The summed E-state index contributed by atoms with van der Waals surface area (Å²) in [4.78, 5) is 14.1. The second-order valence-corrected chi connectivity index (χ2v) is 8.09. The first-order valence-electron chi connectivity index (χ1n) is 9.47. The highest BCUT2D eigenvalue weighted by Gasteiger charge is 2.17. The quantitative estimate of drug-likeness (QED) is 0.369. The van der Waals surface area contributed by atoms with Gasteiger partial charge in [-0.15, -0.1) is 10.2 Å². The largest absolute Gasteiger partial charge is 0.495 e. The molecule has 164 valence electrons. The van der Waals surface area contributed by atoms with Crippen molar-refractivity contribution >= 4 is 57.4 Å². The highest BCUT2D eigenvalue weighted by Crippen LogP contribution is 2.29. The van der Waals surface area contributed by atoms with Gasteiger partial charge in [0, 0.05) is 10.7 Å². The van der Waals surface area contributed by atoms with Crippen molar-refractivity contribution < 1.29 is 14.3 Å². The van der Waals surface area contributed by atoms with E-state index in [0.29, 0.717) is 49.0 Å². The van der Waals surface area contributed by atoms with Gasteiger partial charge in [0.1, 0.15) is 22.5 Å². The smallest absolute Gasteiger partial charge is 0.265 e. The second kappa shape index (κ2) is 9.24. The van der Waals surface area contributed by atoms with Crippen LogP contribution in [0.15, 0.2) is 54.6 Å². The molecule has 4 aromatic rings. The van der Waals surface area contributed by atoms with Crippen LogP contribution in [0.2, 0.25) is 15.1 Å². The van der Waals surface area contributed by atoms with Crippen LogP contribution in [0.25, 0.3) is 16.7 Å². The molecule has 1 heterocycles. The molecular weight excluding hydrogens is 475 g/mol. The Morgan fingerprint density at radius 3 is 2.38 bits per heavy atom. The van der Waals surface area contributed by atoms with Crippen molar-refractivity contribution in [2.24, 2.45) is 0 Å². The molecule has 0 aliphatic carbocycles. The van der Waals surface area contributed by atoms with Gasteiger partial charge in [-0.2, -0.15) is 4.80 Å². The Kier molecular flexibility index (Phi) is 6.41. The summed E-state index contributed by atoms with van der Waals surface area (Å²) in [6.45, 7) is 1.63. The van der Waals surface area contributed by atoms with Crippen molar-refractivity contribution in [3.63, 3.8) is 0 Å². The van der Waals surface area contributed by atoms with Crippen LogP contribution in [0.4, 0.5) is 5.69 Å². The Hall–Kier alpha value is -3.00. The lowest BCUT2D eigenvalue weighted by atomic mass is 10.2. The van der Waals surface area contributed by atoms with Gasteiger partial charge >= 0.3 is 0 Å². The van der Waals surface area contributed by atoms with Crippen molar-refractivity contribution in [1.29, 1.82) is 0 Å². The molecule has 7 nitrogen and oxygen atoms in total. The first-order chi connectivity index (χ1) is 15.3. The van der Waals surface area contributed by atoms with Crippen LogP contribution in [-0.2, 0) is 4.79 Å². The number of carbonyl (C=O) groups excluding carboxylic acids is 1. The van der Waals surface area contributed by atoms with Gasteiger partial charge in [0.15, 0.2) is 6.10 Å². The molecule has 10 heteroatoms. The lowest BCUT2D eigenvalue weighted by molar-refractivity contribution is -0.122. The van der Waals surface area contributed by atoms with Gasteiger partial charge in [0.2, 0.25) is 0 Å². The van der Waals surface area contributed by atoms with Crippen LogP contribution in [0.1, 0.15) is 6.92 Å². The van der Waals surface area contributed by atoms with Gasteiger partial charge in [-0.05, 0) is 61.5 Å². The Morgan fingerprint density at radius 2 is 1.66 bits per heavy atom. The van der Waals surface area contributed by atoms with Crippen LogP contribution < -0.4 is 14.8 Å². The molecule has 0 aliphatic rings. The number of aromatic nitrogens is 3. The number of carbonyl (C=O) groups is 1.